The monoisotopic (exact) mass is 260 g/mol. The SMILES string of the molecule is CC(NC(=O)c1cccnc1)c1ccc(Cl)cc1. The van der Waals surface area contributed by atoms with Crippen LogP contribution in [0.1, 0.15) is 28.9 Å². The van der Waals surface area contributed by atoms with E-state index >= 15 is 0 Å². The number of benzene rings is 1. The maximum Gasteiger partial charge on any atom is 0.253 e. The zero-order valence-electron chi connectivity index (χ0n) is 9.93. The van der Waals surface area contributed by atoms with Crippen molar-refractivity contribution in [1.82, 2.24) is 10.3 Å². The first-order valence-corrected chi connectivity index (χ1v) is 6.01. The highest BCUT2D eigenvalue weighted by Crippen LogP contribution is 2.16. The van der Waals surface area contributed by atoms with Crippen LogP contribution >= 0.6 is 11.6 Å². The van der Waals surface area contributed by atoms with Gasteiger partial charge in [-0.2, -0.15) is 0 Å². The topological polar surface area (TPSA) is 42.0 Å². The number of nitrogens with zero attached hydrogens (tertiary/aromatic N) is 1. The van der Waals surface area contributed by atoms with Crippen LogP contribution in [0.4, 0.5) is 0 Å². The molecule has 4 heteroatoms. The third kappa shape index (κ3) is 3.08. The molecule has 0 fully saturated rings. The fraction of sp³-hybridized carbons (Fsp3) is 0.143. The summed E-state index contributed by atoms with van der Waals surface area (Å²) in [5.74, 6) is -0.134. The standard InChI is InChI=1S/C14H13ClN2O/c1-10(11-4-6-13(15)7-5-11)17-14(18)12-3-2-8-16-9-12/h2-10H,1H3,(H,17,18). The molecule has 1 N–H and O–H groups in total. The van der Waals surface area contributed by atoms with Gasteiger partial charge in [0.2, 0.25) is 0 Å². The molecule has 2 aromatic rings. The highest BCUT2D eigenvalue weighted by molar-refractivity contribution is 6.30. The highest BCUT2D eigenvalue weighted by Gasteiger charge is 2.11. The lowest BCUT2D eigenvalue weighted by Gasteiger charge is -2.14. The molecule has 0 aliphatic carbocycles. The molecular weight excluding hydrogens is 248 g/mol. The lowest BCUT2D eigenvalue weighted by Crippen LogP contribution is -2.26. The molecule has 1 heterocycles. The van der Waals surface area contributed by atoms with Gasteiger partial charge in [0, 0.05) is 17.4 Å². The third-order valence-corrected chi connectivity index (χ3v) is 2.89. The average Bonchev–Trinajstić information content (AvgIpc) is 2.40. The summed E-state index contributed by atoms with van der Waals surface area (Å²) in [7, 11) is 0. The van der Waals surface area contributed by atoms with Crippen molar-refractivity contribution >= 4 is 17.5 Å². The van der Waals surface area contributed by atoms with Gasteiger partial charge >= 0.3 is 0 Å². The van der Waals surface area contributed by atoms with Gasteiger partial charge < -0.3 is 5.32 Å². The molecule has 0 bridgehead atoms. The third-order valence-electron chi connectivity index (χ3n) is 2.64. The predicted octanol–water partition coefficient (Wildman–Crippen LogP) is 3.23. The number of nitrogens with one attached hydrogen (secondary N) is 1. The normalized spacial score (nSPS) is 11.9. The number of carbonyl (C=O) groups excluding carboxylic acids is 1. The van der Waals surface area contributed by atoms with Crippen molar-refractivity contribution in [2.24, 2.45) is 0 Å². The average molecular weight is 261 g/mol. The largest absolute Gasteiger partial charge is 0.345 e. The number of hydrogen-bond donors (Lipinski definition) is 1. The van der Waals surface area contributed by atoms with E-state index in [0.29, 0.717) is 10.6 Å². The Bertz CT molecular complexity index is 525. The zero-order chi connectivity index (χ0) is 13.0. The summed E-state index contributed by atoms with van der Waals surface area (Å²) in [6.45, 7) is 1.93. The van der Waals surface area contributed by atoms with Gasteiger partial charge in [0.05, 0.1) is 11.6 Å². The van der Waals surface area contributed by atoms with Crippen LogP contribution in [0.25, 0.3) is 0 Å². The van der Waals surface area contributed by atoms with Crippen LogP contribution in [0, 0.1) is 0 Å². The second-order valence-corrected chi connectivity index (χ2v) is 4.42. The van der Waals surface area contributed by atoms with Gasteiger partial charge in [-0.15, -0.1) is 0 Å². The van der Waals surface area contributed by atoms with Gasteiger partial charge in [-0.05, 0) is 36.8 Å². The Labute approximate surface area is 111 Å². The minimum Gasteiger partial charge on any atom is -0.345 e. The summed E-state index contributed by atoms with van der Waals surface area (Å²) in [6.07, 6.45) is 3.18. The first-order chi connectivity index (χ1) is 8.66. The Hall–Kier alpha value is -1.87. The van der Waals surface area contributed by atoms with Crippen LogP contribution in [0.5, 0.6) is 0 Å². The number of rotatable bonds is 3. The summed E-state index contributed by atoms with van der Waals surface area (Å²) in [6, 6.07) is 10.8. The number of carbonyl (C=O) groups is 1. The van der Waals surface area contributed by atoms with Crippen LogP contribution in [-0.2, 0) is 0 Å². The van der Waals surface area contributed by atoms with E-state index in [1.54, 1.807) is 24.5 Å². The van der Waals surface area contributed by atoms with Gasteiger partial charge in [-0.25, -0.2) is 0 Å². The van der Waals surface area contributed by atoms with Gasteiger partial charge in [-0.1, -0.05) is 23.7 Å². The van der Waals surface area contributed by atoms with Crippen LogP contribution in [0.15, 0.2) is 48.8 Å². The first-order valence-electron chi connectivity index (χ1n) is 5.63. The molecule has 1 amide bonds. The lowest BCUT2D eigenvalue weighted by molar-refractivity contribution is 0.0939. The molecule has 2 rings (SSSR count). The Kier molecular flexibility index (Phi) is 3.95. The fourth-order valence-corrected chi connectivity index (χ4v) is 1.74. The van der Waals surface area contributed by atoms with E-state index in [4.69, 9.17) is 11.6 Å². The number of amides is 1. The number of pyridine rings is 1. The Morgan fingerprint density at radius 3 is 2.61 bits per heavy atom. The fourth-order valence-electron chi connectivity index (χ4n) is 1.61. The molecule has 0 aliphatic heterocycles. The maximum absolute atomic E-state index is 11.9. The van der Waals surface area contributed by atoms with Gasteiger partial charge in [0.25, 0.3) is 5.91 Å². The molecular formula is C14H13ClN2O. The highest BCUT2D eigenvalue weighted by atomic mass is 35.5. The van der Waals surface area contributed by atoms with Crippen LogP contribution in [0.2, 0.25) is 5.02 Å². The van der Waals surface area contributed by atoms with Crippen molar-refractivity contribution in [3.05, 3.63) is 64.9 Å². The Morgan fingerprint density at radius 2 is 2.00 bits per heavy atom. The van der Waals surface area contributed by atoms with Crippen molar-refractivity contribution in [2.45, 2.75) is 13.0 Å². The Balaban J connectivity index is 2.06. The molecule has 1 atom stereocenters. The summed E-state index contributed by atoms with van der Waals surface area (Å²) in [5, 5.41) is 3.59. The van der Waals surface area contributed by atoms with Crippen molar-refractivity contribution in [2.75, 3.05) is 0 Å². The molecule has 1 aromatic heterocycles. The van der Waals surface area contributed by atoms with Crippen LogP contribution in [-0.4, -0.2) is 10.9 Å². The summed E-state index contributed by atoms with van der Waals surface area (Å²) >= 11 is 5.82. The lowest BCUT2D eigenvalue weighted by atomic mass is 10.1. The van der Waals surface area contributed by atoms with Crippen molar-refractivity contribution in [3.63, 3.8) is 0 Å². The van der Waals surface area contributed by atoms with E-state index in [-0.39, 0.29) is 11.9 Å². The van der Waals surface area contributed by atoms with Crippen molar-refractivity contribution in [3.8, 4) is 0 Å². The molecule has 0 saturated heterocycles. The molecule has 0 radical (unpaired) electrons. The number of halogens is 1. The second-order valence-electron chi connectivity index (χ2n) is 3.99. The van der Waals surface area contributed by atoms with Crippen LogP contribution in [0.3, 0.4) is 0 Å². The summed E-state index contributed by atoms with van der Waals surface area (Å²) < 4.78 is 0. The minimum absolute atomic E-state index is 0.0741. The minimum atomic E-state index is -0.134. The maximum atomic E-state index is 11.9. The van der Waals surface area contributed by atoms with Crippen LogP contribution < -0.4 is 5.32 Å². The van der Waals surface area contributed by atoms with E-state index in [1.807, 2.05) is 31.2 Å². The van der Waals surface area contributed by atoms with E-state index in [0.717, 1.165) is 5.56 Å². The molecule has 1 aromatic carbocycles. The van der Waals surface area contributed by atoms with Gasteiger partial charge in [0.1, 0.15) is 0 Å². The van der Waals surface area contributed by atoms with E-state index in [9.17, 15) is 4.79 Å². The smallest absolute Gasteiger partial charge is 0.253 e. The quantitative estimate of drug-likeness (QED) is 0.921. The van der Waals surface area contributed by atoms with E-state index in [2.05, 4.69) is 10.3 Å². The van der Waals surface area contributed by atoms with E-state index in [1.165, 1.54) is 0 Å². The molecule has 1 unspecified atom stereocenters. The summed E-state index contributed by atoms with van der Waals surface area (Å²) in [4.78, 5) is 15.8. The second kappa shape index (κ2) is 5.65. The van der Waals surface area contributed by atoms with E-state index < -0.39 is 0 Å². The van der Waals surface area contributed by atoms with Crippen molar-refractivity contribution in [1.29, 1.82) is 0 Å². The number of hydrogen-bond acceptors (Lipinski definition) is 2. The number of aromatic nitrogens is 1. The molecule has 18 heavy (non-hydrogen) atoms. The van der Waals surface area contributed by atoms with Gasteiger partial charge in [0.15, 0.2) is 0 Å². The molecule has 0 spiro atoms. The predicted molar refractivity (Wildman–Crippen MR) is 71.6 cm³/mol. The molecule has 0 saturated carbocycles. The zero-order valence-corrected chi connectivity index (χ0v) is 10.7. The van der Waals surface area contributed by atoms with Crippen molar-refractivity contribution < 1.29 is 4.79 Å². The molecule has 0 aliphatic rings. The first kappa shape index (κ1) is 12.6. The molecule has 92 valence electrons. The molecule has 3 nitrogen and oxygen atoms in total. The van der Waals surface area contributed by atoms with Gasteiger partial charge in [-0.3, -0.25) is 9.78 Å². The summed E-state index contributed by atoms with van der Waals surface area (Å²) in [5.41, 5.74) is 1.56. The Morgan fingerprint density at radius 1 is 1.28 bits per heavy atom.